The number of nitrogens with zero attached hydrogens (tertiary/aromatic N) is 2. The van der Waals surface area contributed by atoms with Crippen LogP contribution in [0.4, 0.5) is 22.7 Å². The van der Waals surface area contributed by atoms with Gasteiger partial charge in [-0.05, 0) is 48.5 Å². The van der Waals surface area contributed by atoms with Crippen molar-refractivity contribution in [1.82, 2.24) is 15.0 Å². The summed E-state index contributed by atoms with van der Waals surface area (Å²) in [5.41, 5.74) is 5.74. The van der Waals surface area contributed by atoms with E-state index in [0.717, 1.165) is 33.3 Å². The molecule has 7 nitrogen and oxygen atoms in total. The third kappa shape index (κ3) is 3.64. The molecule has 0 fully saturated rings. The fraction of sp³-hybridized carbons (Fsp3) is 0. The molecule has 152 valence electrons. The van der Waals surface area contributed by atoms with Crippen molar-refractivity contribution in [3.8, 4) is 0 Å². The number of fused-ring (bicyclic) bond motifs is 2. The number of H-pyrrole nitrogens is 1. The van der Waals surface area contributed by atoms with Gasteiger partial charge in [0.05, 0.1) is 39.8 Å². The van der Waals surface area contributed by atoms with E-state index in [-0.39, 0.29) is 5.56 Å². The van der Waals surface area contributed by atoms with E-state index in [9.17, 15) is 9.90 Å². The maximum Gasteiger partial charge on any atom is 0.337 e. The van der Waals surface area contributed by atoms with E-state index < -0.39 is 5.97 Å². The van der Waals surface area contributed by atoms with Crippen LogP contribution in [0, 0.1) is 0 Å². The van der Waals surface area contributed by atoms with Crippen LogP contribution in [0.25, 0.3) is 21.9 Å². The highest BCUT2D eigenvalue weighted by atomic mass is 32.1. The van der Waals surface area contributed by atoms with Crippen molar-refractivity contribution < 1.29 is 9.90 Å². The first-order valence-electron chi connectivity index (χ1n) is 9.50. The molecule has 8 heteroatoms. The first-order valence-corrected chi connectivity index (χ1v) is 9.94. The lowest BCUT2D eigenvalue weighted by molar-refractivity contribution is 0.0698. The number of anilines is 4. The lowest BCUT2D eigenvalue weighted by Gasteiger charge is -2.15. The van der Waals surface area contributed by atoms with Crippen LogP contribution in [0.2, 0.25) is 0 Å². The monoisotopic (exact) mass is 427 g/mol. The third-order valence-corrected chi connectivity index (χ3v) is 5.31. The third-order valence-electron chi connectivity index (χ3n) is 4.97. The van der Waals surface area contributed by atoms with Crippen LogP contribution in [0.5, 0.6) is 0 Å². The van der Waals surface area contributed by atoms with E-state index in [1.165, 1.54) is 0 Å². The smallest absolute Gasteiger partial charge is 0.337 e. The largest absolute Gasteiger partial charge is 0.478 e. The number of para-hydroxylation sites is 1. The second-order valence-corrected chi connectivity index (χ2v) is 7.47. The van der Waals surface area contributed by atoms with Gasteiger partial charge in [-0.2, -0.15) is 0 Å². The molecule has 0 aliphatic heterocycles. The van der Waals surface area contributed by atoms with Gasteiger partial charge in [-0.15, -0.1) is 12.6 Å². The summed E-state index contributed by atoms with van der Waals surface area (Å²) in [7, 11) is 0. The summed E-state index contributed by atoms with van der Waals surface area (Å²) in [5, 5.41) is 17.0. The van der Waals surface area contributed by atoms with Crippen LogP contribution in [-0.4, -0.2) is 26.0 Å². The normalized spacial score (nSPS) is 11.0. The van der Waals surface area contributed by atoms with Crippen molar-refractivity contribution in [2.24, 2.45) is 0 Å². The lowest BCUT2D eigenvalue weighted by atomic mass is 10.1. The van der Waals surface area contributed by atoms with E-state index in [2.05, 4.69) is 38.2 Å². The highest BCUT2D eigenvalue weighted by Gasteiger charge is 2.13. The van der Waals surface area contributed by atoms with Gasteiger partial charge in [-0.25, -0.2) is 9.78 Å². The van der Waals surface area contributed by atoms with Crippen molar-refractivity contribution in [2.45, 2.75) is 4.90 Å². The molecule has 31 heavy (non-hydrogen) atoms. The maximum atomic E-state index is 11.6. The Hall–Kier alpha value is -4.04. The van der Waals surface area contributed by atoms with Gasteiger partial charge in [0.15, 0.2) is 0 Å². The van der Waals surface area contributed by atoms with E-state index in [1.54, 1.807) is 36.8 Å². The van der Waals surface area contributed by atoms with E-state index >= 15 is 0 Å². The van der Waals surface area contributed by atoms with Crippen LogP contribution < -0.4 is 10.6 Å². The molecule has 2 aromatic heterocycles. The Morgan fingerprint density at radius 1 is 0.935 bits per heavy atom. The number of pyridine rings is 1. The average molecular weight is 427 g/mol. The van der Waals surface area contributed by atoms with Crippen LogP contribution in [-0.2, 0) is 0 Å². The van der Waals surface area contributed by atoms with Gasteiger partial charge in [0.2, 0.25) is 0 Å². The van der Waals surface area contributed by atoms with Crippen molar-refractivity contribution >= 4 is 63.3 Å². The SMILES string of the molecule is O=C(O)c1ccccc1Nc1c(S)cnc2ccc(Nc3ccc4nc[nH]c4c3)cc12. The number of thiol groups is 1. The summed E-state index contributed by atoms with van der Waals surface area (Å²) < 4.78 is 0. The minimum absolute atomic E-state index is 0.183. The molecule has 5 aromatic rings. The van der Waals surface area contributed by atoms with E-state index in [0.29, 0.717) is 16.3 Å². The van der Waals surface area contributed by atoms with Gasteiger partial charge in [0.1, 0.15) is 0 Å². The topological polar surface area (TPSA) is 103 Å². The number of hydrogen-bond donors (Lipinski definition) is 5. The summed E-state index contributed by atoms with van der Waals surface area (Å²) in [6, 6.07) is 18.5. The van der Waals surface area contributed by atoms with Crippen molar-refractivity contribution in [3.05, 3.63) is 78.8 Å². The Bertz CT molecular complexity index is 1450. The number of carboxylic acids is 1. The van der Waals surface area contributed by atoms with Crippen LogP contribution in [0.1, 0.15) is 10.4 Å². The molecule has 0 unspecified atom stereocenters. The maximum absolute atomic E-state index is 11.6. The summed E-state index contributed by atoms with van der Waals surface area (Å²) in [4.78, 5) is 24.0. The van der Waals surface area contributed by atoms with Gasteiger partial charge >= 0.3 is 5.97 Å². The molecule has 0 aliphatic carbocycles. The highest BCUT2D eigenvalue weighted by Crippen LogP contribution is 2.34. The average Bonchev–Trinajstić information content (AvgIpc) is 3.24. The Balaban J connectivity index is 1.55. The molecule has 0 saturated heterocycles. The number of imidazole rings is 1. The molecule has 5 rings (SSSR count). The molecule has 0 bridgehead atoms. The minimum Gasteiger partial charge on any atom is -0.478 e. The number of nitrogens with one attached hydrogen (secondary N) is 3. The van der Waals surface area contributed by atoms with Gasteiger partial charge in [0.25, 0.3) is 0 Å². The molecule has 0 saturated carbocycles. The fourth-order valence-corrected chi connectivity index (χ4v) is 3.72. The van der Waals surface area contributed by atoms with E-state index in [4.69, 9.17) is 0 Å². The zero-order valence-electron chi connectivity index (χ0n) is 16.1. The van der Waals surface area contributed by atoms with Crippen LogP contribution in [0.3, 0.4) is 0 Å². The second-order valence-electron chi connectivity index (χ2n) is 6.99. The molecule has 3 aromatic carbocycles. The van der Waals surface area contributed by atoms with Crippen LogP contribution >= 0.6 is 12.6 Å². The standard InChI is InChI=1S/C23H17N5O2S/c29-23(30)15-3-1-2-4-18(15)28-22-16-9-13(5-7-17(16)24-11-21(22)31)27-14-6-8-19-20(10-14)26-12-25-19/h1-12,27,31H,(H,24,28)(H,25,26)(H,29,30). The summed E-state index contributed by atoms with van der Waals surface area (Å²) in [5.74, 6) is -1.00. The van der Waals surface area contributed by atoms with Crippen molar-refractivity contribution in [3.63, 3.8) is 0 Å². The summed E-state index contributed by atoms with van der Waals surface area (Å²) in [6.45, 7) is 0. The van der Waals surface area contributed by atoms with Gasteiger partial charge in [-0.1, -0.05) is 12.1 Å². The molecular formula is C23H17N5O2S. The first-order chi connectivity index (χ1) is 15.1. The van der Waals surface area contributed by atoms with Crippen LogP contribution in [0.15, 0.2) is 78.1 Å². The Morgan fingerprint density at radius 2 is 1.71 bits per heavy atom. The predicted molar refractivity (Wildman–Crippen MR) is 125 cm³/mol. The van der Waals surface area contributed by atoms with E-state index in [1.807, 2.05) is 36.4 Å². The molecule has 2 heterocycles. The number of aromatic nitrogens is 3. The summed E-state index contributed by atoms with van der Waals surface area (Å²) in [6.07, 6.45) is 3.31. The fourth-order valence-electron chi connectivity index (χ4n) is 3.48. The predicted octanol–water partition coefficient (Wildman–Crippen LogP) is 5.59. The Morgan fingerprint density at radius 3 is 2.55 bits per heavy atom. The number of hydrogen-bond acceptors (Lipinski definition) is 6. The van der Waals surface area contributed by atoms with Gasteiger partial charge in [0, 0.05) is 27.9 Å². The van der Waals surface area contributed by atoms with Gasteiger partial charge < -0.3 is 20.7 Å². The molecule has 0 atom stereocenters. The lowest BCUT2D eigenvalue weighted by Crippen LogP contribution is -2.03. The number of carboxylic acid groups (broad SMARTS) is 1. The number of carbonyl (C=O) groups is 1. The van der Waals surface area contributed by atoms with Crippen molar-refractivity contribution in [2.75, 3.05) is 10.6 Å². The number of benzene rings is 3. The zero-order chi connectivity index (χ0) is 21.4. The molecule has 0 spiro atoms. The summed E-state index contributed by atoms with van der Waals surface area (Å²) >= 11 is 4.55. The molecule has 0 aliphatic rings. The number of aromatic amines is 1. The van der Waals surface area contributed by atoms with Gasteiger partial charge in [-0.3, -0.25) is 4.98 Å². The quantitative estimate of drug-likeness (QED) is 0.235. The molecular weight excluding hydrogens is 410 g/mol. The number of aromatic carboxylic acids is 1. The molecule has 4 N–H and O–H groups in total. The first kappa shape index (κ1) is 19.0. The van der Waals surface area contributed by atoms with Crippen molar-refractivity contribution in [1.29, 1.82) is 0 Å². The Labute approximate surface area is 182 Å². The zero-order valence-corrected chi connectivity index (χ0v) is 17.0. The Kier molecular flexibility index (Phi) is 4.68. The number of rotatable bonds is 5. The second kappa shape index (κ2) is 7.66. The highest BCUT2D eigenvalue weighted by molar-refractivity contribution is 7.80. The minimum atomic E-state index is -1.00. The molecule has 0 radical (unpaired) electrons. The molecule has 0 amide bonds.